The summed E-state index contributed by atoms with van der Waals surface area (Å²) in [5.41, 5.74) is 0.988. The van der Waals surface area contributed by atoms with E-state index in [0.717, 1.165) is 18.5 Å². The van der Waals surface area contributed by atoms with Gasteiger partial charge in [-0.25, -0.2) is 0 Å². The van der Waals surface area contributed by atoms with Crippen LogP contribution in [0.3, 0.4) is 0 Å². The minimum atomic E-state index is -3.83. The molecule has 5 heteroatoms. The largest absolute Gasteiger partial charge is 0.286 e. The number of nitrogens with zero attached hydrogens (tertiary/aromatic N) is 1. The molecule has 1 N–H and O–H groups in total. The molecule has 0 amide bonds. The van der Waals surface area contributed by atoms with Gasteiger partial charge < -0.3 is 0 Å². The molecule has 0 saturated carbocycles. The molecule has 0 aliphatic rings. The van der Waals surface area contributed by atoms with Gasteiger partial charge in [0, 0.05) is 17.8 Å². The van der Waals surface area contributed by atoms with E-state index in [9.17, 15) is 8.42 Å². The molecule has 1 aromatic heterocycles. The van der Waals surface area contributed by atoms with Crippen LogP contribution in [0.2, 0.25) is 0 Å². The van der Waals surface area contributed by atoms with Crippen molar-refractivity contribution in [2.75, 3.05) is 5.75 Å². The van der Waals surface area contributed by atoms with Crippen molar-refractivity contribution in [2.24, 2.45) is 0 Å². The number of pyridine rings is 1. The van der Waals surface area contributed by atoms with Gasteiger partial charge in [-0.1, -0.05) is 24.6 Å². The standard InChI is InChI=1S/C13H19NO3S/c1-2-7-12(13-9-3-5-10-14-13)8-4-6-11-18(15,16)17/h2-3,5,7,9-10,12H,4,6,8,11H2,1H3,(H,15,16,17). The maximum Gasteiger partial charge on any atom is 0.264 e. The summed E-state index contributed by atoms with van der Waals surface area (Å²) in [5, 5.41) is 0. The summed E-state index contributed by atoms with van der Waals surface area (Å²) in [7, 11) is -3.83. The molecule has 0 spiro atoms. The Hall–Kier alpha value is -1.20. The van der Waals surface area contributed by atoms with Gasteiger partial charge in [-0.2, -0.15) is 8.42 Å². The Morgan fingerprint density at radius 2 is 2.17 bits per heavy atom. The van der Waals surface area contributed by atoms with Gasteiger partial charge >= 0.3 is 0 Å². The smallest absolute Gasteiger partial charge is 0.264 e. The highest BCUT2D eigenvalue weighted by molar-refractivity contribution is 7.85. The second kappa shape index (κ2) is 7.28. The normalized spacial score (nSPS) is 13.9. The van der Waals surface area contributed by atoms with E-state index in [-0.39, 0.29) is 11.7 Å². The van der Waals surface area contributed by atoms with Crippen LogP contribution in [0.25, 0.3) is 0 Å². The fourth-order valence-corrected chi connectivity index (χ4v) is 2.39. The molecule has 18 heavy (non-hydrogen) atoms. The van der Waals surface area contributed by atoms with Crippen LogP contribution in [0.4, 0.5) is 0 Å². The zero-order chi connectivity index (χ0) is 13.4. The molecule has 100 valence electrons. The first-order valence-corrected chi connectivity index (χ1v) is 7.63. The molecule has 0 radical (unpaired) electrons. The van der Waals surface area contributed by atoms with Crippen molar-refractivity contribution >= 4 is 10.1 Å². The van der Waals surface area contributed by atoms with E-state index in [1.165, 1.54) is 0 Å². The average molecular weight is 269 g/mol. The van der Waals surface area contributed by atoms with Crippen LogP contribution in [0, 0.1) is 0 Å². The van der Waals surface area contributed by atoms with Crippen LogP contribution in [0.5, 0.6) is 0 Å². The highest BCUT2D eigenvalue weighted by atomic mass is 32.2. The quantitative estimate of drug-likeness (QED) is 0.469. The maximum atomic E-state index is 10.6. The number of unbranched alkanes of at least 4 members (excludes halogenated alkanes) is 1. The Bertz CT molecular complexity index is 468. The lowest BCUT2D eigenvalue weighted by Crippen LogP contribution is -2.05. The first-order chi connectivity index (χ1) is 8.53. The number of hydrogen-bond acceptors (Lipinski definition) is 3. The highest BCUT2D eigenvalue weighted by Crippen LogP contribution is 2.21. The fourth-order valence-electron chi connectivity index (χ4n) is 1.82. The third kappa shape index (κ3) is 5.93. The number of aromatic nitrogens is 1. The third-order valence-electron chi connectivity index (χ3n) is 2.66. The molecule has 4 nitrogen and oxygen atoms in total. The van der Waals surface area contributed by atoms with Gasteiger partial charge in [0.2, 0.25) is 0 Å². The van der Waals surface area contributed by atoms with Crippen LogP contribution < -0.4 is 0 Å². The van der Waals surface area contributed by atoms with Crippen LogP contribution in [0.1, 0.15) is 37.8 Å². The molecule has 0 bridgehead atoms. The first-order valence-electron chi connectivity index (χ1n) is 6.02. The van der Waals surface area contributed by atoms with E-state index in [1.807, 2.05) is 31.2 Å². The lowest BCUT2D eigenvalue weighted by molar-refractivity contribution is 0.479. The summed E-state index contributed by atoms with van der Waals surface area (Å²) >= 11 is 0. The van der Waals surface area contributed by atoms with E-state index in [4.69, 9.17) is 4.55 Å². The zero-order valence-corrected chi connectivity index (χ0v) is 11.3. The van der Waals surface area contributed by atoms with E-state index in [2.05, 4.69) is 11.1 Å². The molecule has 0 fully saturated rings. The minimum Gasteiger partial charge on any atom is -0.286 e. The van der Waals surface area contributed by atoms with E-state index >= 15 is 0 Å². The van der Waals surface area contributed by atoms with Crippen LogP contribution >= 0.6 is 0 Å². The predicted molar refractivity (Wildman–Crippen MR) is 72.1 cm³/mol. The lowest BCUT2D eigenvalue weighted by Gasteiger charge is -2.11. The Kier molecular flexibility index (Phi) is 6.01. The molecule has 1 heterocycles. The van der Waals surface area contributed by atoms with Crippen molar-refractivity contribution in [3.8, 4) is 0 Å². The molecule has 1 rings (SSSR count). The van der Waals surface area contributed by atoms with Crippen molar-refractivity contribution < 1.29 is 13.0 Å². The summed E-state index contributed by atoms with van der Waals surface area (Å²) in [5.74, 6) is 0.0372. The average Bonchev–Trinajstić information content (AvgIpc) is 2.33. The molecule has 0 aliphatic heterocycles. The van der Waals surface area contributed by atoms with Crippen molar-refractivity contribution in [1.82, 2.24) is 4.98 Å². The fraction of sp³-hybridized carbons (Fsp3) is 0.462. The monoisotopic (exact) mass is 269 g/mol. The predicted octanol–water partition coefficient (Wildman–Crippen LogP) is 2.80. The second-order valence-corrected chi connectivity index (χ2v) is 5.74. The van der Waals surface area contributed by atoms with Gasteiger partial charge in [0.15, 0.2) is 0 Å². The van der Waals surface area contributed by atoms with E-state index in [0.29, 0.717) is 6.42 Å². The SMILES string of the molecule is CC=CC(CCCCS(=O)(=O)O)c1ccccn1. The van der Waals surface area contributed by atoms with Crippen molar-refractivity contribution in [2.45, 2.75) is 32.1 Å². The summed E-state index contributed by atoms with van der Waals surface area (Å²) in [4.78, 5) is 4.31. The van der Waals surface area contributed by atoms with Gasteiger partial charge in [-0.05, 0) is 31.9 Å². The molecule has 1 atom stereocenters. The molecule has 1 aromatic rings. The zero-order valence-electron chi connectivity index (χ0n) is 10.5. The molecule has 0 saturated heterocycles. The van der Waals surface area contributed by atoms with E-state index < -0.39 is 10.1 Å². The maximum absolute atomic E-state index is 10.6. The van der Waals surface area contributed by atoms with Gasteiger partial charge in [-0.3, -0.25) is 9.54 Å². The Balaban J connectivity index is 2.50. The van der Waals surface area contributed by atoms with Crippen LogP contribution in [0.15, 0.2) is 36.5 Å². The molecule has 0 aliphatic carbocycles. The number of rotatable bonds is 7. The Labute approximate surface area is 109 Å². The molecule has 1 unspecified atom stereocenters. The molecular weight excluding hydrogens is 250 g/mol. The van der Waals surface area contributed by atoms with Crippen LogP contribution in [-0.4, -0.2) is 23.7 Å². The van der Waals surface area contributed by atoms with E-state index in [1.54, 1.807) is 6.20 Å². The third-order valence-corrected chi connectivity index (χ3v) is 3.46. The van der Waals surface area contributed by atoms with Crippen molar-refractivity contribution in [1.29, 1.82) is 0 Å². The highest BCUT2D eigenvalue weighted by Gasteiger charge is 2.10. The van der Waals surface area contributed by atoms with Gasteiger partial charge in [0.1, 0.15) is 0 Å². The van der Waals surface area contributed by atoms with Crippen molar-refractivity contribution in [3.63, 3.8) is 0 Å². The molecule has 0 aromatic carbocycles. The number of allylic oxidation sites excluding steroid dienone is 2. The lowest BCUT2D eigenvalue weighted by atomic mass is 9.97. The molecular formula is C13H19NO3S. The topological polar surface area (TPSA) is 67.3 Å². The van der Waals surface area contributed by atoms with Gasteiger partial charge in [0.25, 0.3) is 10.1 Å². The summed E-state index contributed by atoms with van der Waals surface area (Å²) in [6, 6.07) is 5.78. The summed E-state index contributed by atoms with van der Waals surface area (Å²) in [6.45, 7) is 1.95. The minimum absolute atomic E-state index is 0.169. The van der Waals surface area contributed by atoms with Crippen molar-refractivity contribution in [3.05, 3.63) is 42.2 Å². The Morgan fingerprint density at radius 3 is 2.72 bits per heavy atom. The van der Waals surface area contributed by atoms with Gasteiger partial charge in [-0.15, -0.1) is 0 Å². The summed E-state index contributed by atoms with van der Waals surface area (Å²) < 4.78 is 29.9. The Morgan fingerprint density at radius 1 is 1.39 bits per heavy atom. The van der Waals surface area contributed by atoms with Gasteiger partial charge in [0.05, 0.1) is 5.75 Å². The summed E-state index contributed by atoms with van der Waals surface area (Å²) in [6.07, 6.45) is 7.84. The van der Waals surface area contributed by atoms with Crippen LogP contribution in [-0.2, 0) is 10.1 Å². The first kappa shape index (κ1) is 14.9. The second-order valence-electron chi connectivity index (χ2n) is 4.17. The number of hydrogen-bond donors (Lipinski definition) is 1.